The molecule has 1 aromatic rings. The molecular formula is C18H26N2O6. The van der Waals surface area contributed by atoms with E-state index >= 15 is 0 Å². The molecule has 4 N–H and O–H groups in total. The second-order valence-electron chi connectivity index (χ2n) is 6.29. The van der Waals surface area contributed by atoms with Crippen molar-refractivity contribution in [3.8, 4) is 11.5 Å². The van der Waals surface area contributed by atoms with Gasteiger partial charge in [-0.15, -0.1) is 0 Å². The number of aromatic hydroxyl groups is 1. The van der Waals surface area contributed by atoms with E-state index in [1.807, 2.05) is 0 Å². The Kier molecular flexibility index (Phi) is 7.23. The van der Waals surface area contributed by atoms with Crippen molar-refractivity contribution < 1.29 is 29.3 Å². The number of phenols is 1. The van der Waals surface area contributed by atoms with Crippen LogP contribution in [0.5, 0.6) is 11.5 Å². The Bertz CT molecular complexity index is 607. The maximum absolute atomic E-state index is 12.6. The number of nitrogens with one attached hydrogen (secondary N) is 2. The highest BCUT2D eigenvalue weighted by atomic mass is 16.5. The van der Waals surface area contributed by atoms with Crippen LogP contribution in [0.1, 0.15) is 36.0 Å². The minimum Gasteiger partial charge on any atom is -0.504 e. The van der Waals surface area contributed by atoms with Crippen LogP contribution in [-0.4, -0.2) is 61.0 Å². The smallest absolute Gasteiger partial charge is 0.290 e. The SMILES string of the molecule is COc1cccc(C(=O)NC2CCCOC23CCNCC3)c1O.O=CO. The molecule has 1 spiro atoms. The Morgan fingerprint density at radius 3 is 2.77 bits per heavy atom. The van der Waals surface area contributed by atoms with Crippen molar-refractivity contribution in [3.05, 3.63) is 23.8 Å². The van der Waals surface area contributed by atoms with E-state index in [0.717, 1.165) is 45.4 Å². The van der Waals surface area contributed by atoms with Gasteiger partial charge in [-0.1, -0.05) is 6.07 Å². The lowest BCUT2D eigenvalue weighted by Gasteiger charge is -2.46. The highest BCUT2D eigenvalue weighted by molar-refractivity contribution is 5.97. The van der Waals surface area contributed by atoms with Crippen LogP contribution in [-0.2, 0) is 9.53 Å². The van der Waals surface area contributed by atoms with Gasteiger partial charge >= 0.3 is 0 Å². The predicted molar refractivity (Wildman–Crippen MR) is 94.6 cm³/mol. The van der Waals surface area contributed by atoms with Crippen LogP contribution < -0.4 is 15.4 Å². The molecule has 1 amide bonds. The molecule has 2 fully saturated rings. The van der Waals surface area contributed by atoms with Crippen molar-refractivity contribution in [1.82, 2.24) is 10.6 Å². The number of rotatable bonds is 3. The number of piperidine rings is 1. The van der Waals surface area contributed by atoms with Gasteiger partial charge in [0, 0.05) is 6.61 Å². The molecular weight excluding hydrogens is 340 g/mol. The van der Waals surface area contributed by atoms with Crippen molar-refractivity contribution in [3.63, 3.8) is 0 Å². The van der Waals surface area contributed by atoms with Gasteiger partial charge < -0.3 is 30.3 Å². The second kappa shape index (κ2) is 9.40. The molecule has 144 valence electrons. The summed E-state index contributed by atoms with van der Waals surface area (Å²) in [4.78, 5) is 21.0. The van der Waals surface area contributed by atoms with Gasteiger partial charge in [-0.2, -0.15) is 0 Å². The molecule has 1 aromatic carbocycles. The number of hydrogen-bond donors (Lipinski definition) is 4. The Labute approximate surface area is 152 Å². The van der Waals surface area contributed by atoms with Gasteiger partial charge in [-0.3, -0.25) is 9.59 Å². The van der Waals surface area contributed by atoms with E-state index in [4.69, 9.17) is 19.4 Å². The number of ether oxygens (including phenoxy) is 2. The minimum absolute atomic E-state index is 0.0311. The van der Waals surface area contributed by atoms with Crippen molar-refractivity contribution in [2.45, 2.75) is 37.3 Å². The largest absolute Gasteiger partial charge is 0.504 e. The number of phenolic OH excluding ortho intramolecular Hbond substituents is 1. The molecule has 3 rings (SSSR count). The van der Waals surface area contributed by atoms with Crippen molar-refractivity contribution in [1.29, 1.82) is 0 Å². The maximum atomic E-state index is 12.6. The first-order valence-electron chi connectivity index (χ1n) is 8.67. The average Bonchev–Trinajstić information content (AvgIpc) is 2.65. The fraction of sp³-hybridized carbons (Fsp3) is 0.556. The Hall–Kier alpha value is -2.32. The molecule has 0 bridgehead atoms. The highest BCUT2D eigenvalue weighted by Gasteiger charge is 2.43. The second-order valence-corrected chi connectivity index (χ2v) is 6.29. The highest BCUT2D eigenvalue weighted by Crippen LogP contribution is 2.34. The van der Waals surface area contributed by atoms with E-state index in [-0.39, 0.29) is 35.3 Å². The van der Waals surface area contributed by atoms with E-state index in [1.54, 1.807) is 18.2 Å². The summed E-state index contributed by atoms with van der Waals surface area (Å²) in [5.74, 6) is -0.104. The number of carbonyl (C=O) groups is 2. The molecule has 0 aromatic heterocycles. The van der Waals surface area contributed by atoms with Crippen LogP contribution in [0.4, 0.5) is 0 Å². The first-order valence-corrected chi connectivity index (χ1v) is 8.67. The van der Waals surface area contributed by atoms with E-state index in [9.17, 15) is 9.90 Å². The summed E-state index contributed by atoms with van der Waals surface area (Å²) in [6.45, 7) is 2.30. The van der Waals surface area contributed by atoms with Gasteiger partial charge in [0.15, 0.2) is 11.5 Å². The molecule has 2 aliphatic heterocycles. The Morgan fingerprint density at radius 2 is 2.12 bits per heavy atom. The van der Waals surface area contributed by atoms with E-state index in [0.29, 0.717) is 5.75 Å². The number of carbonyl (C=O) groups excluding carboxylic acids is 1. The fourth-order valence-corrected chi connectivity index (χ4v) is 3.58. The summed E-state index contributed by atoms with van der Waals surface area (Å²) in [7, 11) is 1.47. The number of methoxy groups -OCH3 is 1. The van der Waals surface area contributed by atoms with Crippen LogP contribution in [0.15, 0.2) is 18.2 Å². The Balaban J connectivity index is 0.000000758. The molecule has 2 saturated heterocycles. The van der Waals surface area contributed by atoms with Gasteiger partial charge in [0.1, 0.15) is 0 Å². The van der Waals surface area contributed by atoms with Crippen LogP contribution in [0, 0.1) is 0 Å². The molecule has 0 aliphatic carbocycles. The summed E-state index contributed by atoms with van der Waals surface area (Å²) in [6.07, 6.45) is 3.62. The van der Waals surface area contributed by atoms with Crippen LogP contribution in [0.2, 0.25) is 0 Å². The molecule has 1 unspecified atom stereocenters. The Morgan fingerprint density at radius 1 is 1.42 bits per heavy atom. The van der Waals surface area contributed by atoms with Gasteiger partial charge in [0.05, 0.1) is 24.3 Å². The minimum atomic E-state index is -0.284. The monoisotopic (exact) mass is 366 g/mol. The third-order valence-corrected chi connectivity index (χ3v) is 4.88. The lowest BCUT2D eigenvalue weighted by Crippen LogP contribution is -2.60. The maximum Gasteiger partial charge on any atom is 0.290 e. The summed E-state index contributed by atoms with van der Waals surface area (Å²) in [5, 5.41) is 23.5. The van der Waals surface area contributed by atoms with E-state index in [1.165, 1.54) is 7.11 Å². The normalized spacial score (nSPS) is 21.2. The number of amides is 1. The van der Waals surface area contributed by atoms with Crippen molar-refractivity contribution in [2.75, 3.05) is 26.8 Å². The van der Waals surface area contributed by atoms with Crippen LogP contribution in [0.3, 0.4) is 0 Å². The molecule has 26 heavy (non-hydrogen) atoms. The quantitative estimate of drug-likeness (QED) is 0.593. The molecule has 2 aliphatic rings. The lowest BCUT2D eigenvalue weighted by molar-refractivity contribution is -0.122. The third kappa shape index (κ3) is 4.44. The van der Waals surface area contributed by atoms with Crippen molar-refractivity contribution in [2.24, 2.45) is 0 Å². The molecule has 8 nitrogen and oxygen atoms in total. The summed E-state index contributed by atoms with van der Waals surface area (Å²) in [6, 6.07) is 4.90. The summed E-state index contributed by atoms with van der Waals surface area (Å²) < 4.78 is 11.2. The molecule has 8 heteroatoms. The van der Waals surface area contributed by atoms with Crippen molar-refractivity contribution >= 4 is 12.4 Å². The first-order chi connectivity index (χ1) is 12.6. The molecule has 0 saturated carbocycles. The van der Waals surface area contributed by atoms with Crippen LogP contribution in [0.25, 0.3) is 0 Å². The standard InChI is InChI=1S/C17H24N2O4.CH2O2/c1-22-13-5-2-4-12(15(13)20)16(21)19-14-6-3-11-23-17(14)7-9-18-10-8-17;2-1-3/h2,4-5,14,18,20H,3,6-11H2,1H3,(H,19,21);1H,(H,2,3). The van der Waals surface area contributed by atoms with Crippen LogP contribution >= 0.6 is 0 Å². The van der Waals surface area contributed by atoms with E-state index in [2.05, 4.69) is 10.6 Å². The van der Waals surface area contributed by atoms with Gasteiger partial charge in [-0.25, -0.2) is 0 Å². The topological polar surface area (TPSA) is 117 Å². The zero-order valence-corrected chi connectivity index (χ0v) is 14.9. The molecule has 0 radical (unpaired) electrons. The molecule has 1 atom stereocenters. The zero-order valence-electron chi connectivity index (χ0n) is 14.9. The number of carboxylic acid groups (broad SMARTS) is 1. The van der Waals surface area contributed by atoms with Gasteiger partial charge in [0.2, 0.25) is 0 Å². The average molecular weight is 366 g/mol. The first kappa shape index (κ1) is 20.0. The van der Waals surface area contributed by atoms with Gasteiger partial charge in [-0.05, 0) is 50.9 Å². The third-order valence-electron chi connectivity index (χ3n) is 4.88. The predicted octanol–water partition coefficient (Wildman–Crippen LogP) is 1.13. The summed E-state index contributed by atoms with van der Waals surface area (Å²) in [5.41, 5.74) is -0.0489. The fourth-order valence-electron chi connectivity index (χ4n) is 3.58. The number of benzene rings is 1. The summed E-state index contributed by atoms with van der Waals surface area (Å²) >= 11 is 0. The lowest BCUT2D eigenvalue weighted by atomic mass is 9.80. The zero-order chi connectivity index (χ0) is 19.0. The molecule has 2 heterocycles. The number of hydrogen-bond acceptors (Lipinski definition) is 6. The number of para-hydroxylation sites is 1. The van der Waals surface area contributed by atoms with E-state index < -0.39 is 0 Å². The van der Waals surface area contributed by atoms with Gasteiger partial charge in [0.25, 0.3) is 12.4 Å².